The summed E-state index contributed by atoms with van der Waals surface area (Å²) in [5.41, 5.74) is 5.58. The maximum Gasteiger partial charge on any atom is 0.469 e. The maximum atomic E-state index is 10.2. The van der Waals surface area contributed by atoms with Crippen molar-refractivity contribution in [3.63, 3.8) is 0 Å². The van der Waals surface area contributed by atoms with E-state index in [4.69, 9.17) is 15.5 Å². The van der Waals surface area contributed by atoms with Crippen LogP contribution < -0.4 is 5.73 Å². The maximum absolute atomic E-state index is 10.2. The number of phosphoric acid groups is 1. The van der Waals surface area contributed by atoms with E-state index in [1.165, 1.54) is 0 Å². The second kappa shape index (κ2) is 5.67. The molecular formula is C6H16NO4P. The predicted molar refractivity (Wildman–Crippen MR) is 45.5 cm³/mol. The van der Waals surface area contributed by atoms with Gasteiger partial charge in [0.2, 0.25) is 0 Å². The number of nitrogens with two attached hydrogens (primary N) is 1. The van der Waals surface area contributed by atoms with E-state index in [2.05, 4.69) is 4.52 Å². The molecular weight excluding hydrogens is 181 g/mol. The summed E-state index contributed by atoms with van der Waals surface area (Å²) in [5, 5.41) is 0. The van der Waals surface area contributed by atoms with Crippen molar-refractivity contribution in [2.24, 2.45) is 5.73 Å². The molecule has 0 aliphatic carbocycles. The first-order valence-electron chi connectivity index (χ1n) is 3.91. The first-order valence-corrected chi connectivity index (χ1v) is 5.44. The molecule has 0 aliphatic rings. The fourth-order valence-corrected chi connectivity index (χ4v) is 1.18. The predicted octanol–water partition coefficient (Wildman–Crippen LogP) is 0.613. The summed E-state index contributed by atoms with van der Waals surface area (Å²) in [4.78, 5) is 16.6. The highest BCUT2D eigenvalue weighted by molar-refractivity contribution is 7.46. The quantitative estimate of drug-likeness (QED) is 0.542. The van der Waals surface area contributed by atoms with Gasteiger partial charge in [-0.25, -0.2) is 4.57 Å². The van der Waals surface area contributed by atoms with Crippen LogP contribution in [-0.4, -0.2) is 22.4 Å². The van der Waals surface area contributed by atoms with Gasteiger partial charge in [-0.15, -0.1) is 0 Å². The van der Waals surface area contributed by atoms with E-state index in [0.29, 0.717) is 6.42 Å². The molecule has 0 aromatic heterocycles. The Balaban J connectivity index is 3.37. The molecule has 1 unspecified atom stereocenters. The van der Waals surface area contributed by atoms with Crippen molar-refractivity contribution in [2.75, 3.05) is 6.61 Å². The lowest BCUT2D eigenvalue weighted by molar-refractivity contribution is 0.190. The van der Waals surface area contributed by atoms with Crippen LogP contribution in [0.5, 0.6) is 0 Å². The molecule has 0 fully saturated rings. The van der Waals surface area contributed by atoms with Gasteiger partial charge in [0.25, 0.3) is 0 Å². The first-order chi connectivity index (χ1) is 5.45. The summed E-state index contributed by atoms with van der Waals surface area (Å²) < 4.78 is 14.4. The van der Waals surface area contributed by atoms with E-state index in [9.17, 15) is 4.57 Å². The molecule has 1 atom stereocenters. The van der Waals surface area contributed by atoms with Gasteiger partial charge in [-0.05, 0) is 12.8 Å². The molecule has 0 heterocycles. The zero-order valence-corrected chi connectivity index (χ0v) is 8.04. The Bertz CT molecular complexity index is 158. The zero-order valence-electron chi connectivity index (χ0n) is 7.14. The molecule has 6 heteroatoms. The van der Waals surface area contributed by atoms with E-state index in [0.717, 1.165) is 12.8 Å². The minimum absolute atomic E-state index is 0.0193. The molecule has 0 saturated carbocycles. The van der Waals surface area contributed by atoms with Crippen molar-refractivity contribution in [3.05, 3.63) is 0 Å². The lowest BCUT2D eigenvalue weighted by Crippen LogP contribution is -2.21. The second-order valence-electron chi connectivity index (χ2n) is 2.66. The molecule has 0 saturated heterocycles. The van der Waals surface area contributed by atoms with Crippen LogP contribution >= 0.6 is 7.82 Å². The standard InChI is InChI=1S/C6H16NO4P/c1-2-3-6(7)4-5-11-12(8,9)10/h6H,2-5,7H2,1H3,(H2,8,9,10). The van der Waals surface area contributed by atoms with Crippen LogP contribution in [0.3, 0.4) is 0 Å². The van der Waals surface area contributed by atoms with Crippen molar-refractivity contribution < 1.29 is 18.9 Å². The van der Waals surface area contributed by atoms with Crippen molar-refractivity contribution in [2.45, 2.75) is 32.2 Å². The van der Waals surface area contributed by atoms with Gasteiger partial charge in [0, 0.05) is 6.04 Å². The Morgan fingerprint density at radius 1 is 1.50 bits per heavy atom. The number of hydrogen-bond acceptors (Lipinski definition) is 3. The summed E-state index contributed by atoms with van der Waals surface area (Å²) in [6.45, 7) is 2.02. The van der Waals surface area contributed by atoms with Gasteiger partial charge in [0.1, 0.15) is 0 Å². The first kappa shape index (κ1) is 12.1. The normalized spacial score (nSPS) is 14.7. The third-order valence-corrected chi connectivity index (χ3v) is 1.93. The van der Waals surface area contributed by atoms with Gasteiger partial charge in [-0.3, -0.25) is 4.52 Å². The third-order valence-electron chi connectivity index (χ3n) is 1.41. The van der Waals surface area contributed by atoms with Crippen molar-refractivity contribution >= 4 is 7.82 Å². The summed E-state index contributed by atoms with van der Waals surface area (Å²) in [7, 11) is -4.30. The van der Waals surface area contributed by atoms with E-state index in [-0.39, 0.29) is 12.6 Å². The SMILES string of the molecule is CCCC(N)CCOP(=O)(O)O. The Hall–Kier alpha value is 0.0700. The van der Waals surface area contributed by atoms with Crippen molar-refractivity contribution in [3.8, 4) is 0 Å². The van der Waals surface area contributed by atoms with E-state index < -0.39 is 7.82 Å². The molecule has 0 aliphatic heterocycles. The average Bonchev–Trinajstić information content (AvgIpc) is 1.84. The summed E-state index contributed by atoms with van der Waals surface area (Å²) in [6, 6.07) is -0.0263. The van der Waals surface area contributed by atoms with Crippen molar-refractivity contribution in [1.29, 1.82) is 0 Å². The van der Waals surface area contributed by atoms with Gasteiger partial charge in [0.15, 0.2) is 0 Å². The highest BCUT2D eigenvalue weighted by Crippen LogP contribution is 2.35. The molecule has 0 amide bonds. The molecule has 0 bridgehead atoms. The third kappa shape index (κ3) is 8.17. The molecule has 0 spiro atoms. The topological polar surface area (TPSA) is 92.8 Å². The van der Waals surface area contributed by atoms with Crippen LogP contribution in [0.15, 0.2) is 0 Å². The lowest BCUT2D eigenvalue weighted by Gasteiger charge is -2.10. The smallest absolute Gasteiger partial charge is 0.328 e. The molecule has 0 aromatic carbocycles. The minimum atomic E-state index is -4.30. The monoisotopic (exact) mass is 197 g/mol. The van der Waals surface area contributed by atoms with Gasteiger partial charge in [-0.1, -0.05) is 13.3 Å². The number of rotatable bonds is 6. The molecule has 5 nitrogen and oxygen atoms in total. The fraction of sp³-hybridized carbons (Fsp3) is 1.00. The highest BCUT2D eigenvalue weighted by atomic mass is 31.2. The van der Waals surface area contributed by atoms with Crippen molar-refractivity contribution in [1.82, 2.24) is 0 Å². The minimum Gasteiger partial charge on any atom is -0.328 e. The van der Waals surface area contributed by atoms with E-state index >= 15 is 0 Å². The average molecular weight is 197 g/mol. The van der Waals surface area contributed by atoms with Gasteiger partial charge >= 0.3 is 7.82 Å². The van der Waals surface area contributed by atoms with Gasteiger partial charge in [-0.2, -0.15) is 0 Å². The van der Waals surface area contributed by atoms with Crippen LogP contribution in [-0.2, 0) is 9.09 Å². The summed E-state index contributed by atoms with van der Waals surface area (Å²) >= 11 is 0. The largest absolute Gasteiger partial charge is 0.469 e. The van der Waals surface area contributed by atoms with Gasteiger partial charge < -0.3 is 15.5 Å². The van der Waals surface area contributed by atoms with Crippen LogP contribution in [0.1, 0.15) is 26.2 Å². The van der Waals surface area contributed by atoms with Crippen LogP contribution in [0.25, 0.3) is 0 Å². The number of phosphoric ester groups is 1. The van der Waals surface area contributed by atoms with Crippen LogP contribution in [0.4, 0.5) is 0 Å². The fourth-order valence-electron chi connectivity index (χ4n) is 0.838. The summed E-state index contributed by atoms with van der Waals surface area (Å²) in [5.74, 6) is 0. The Labute approximate surface area is 72.2 Å². The molecule has 4 N–H and O–H groups in total. The van der Waals surface area contributed by atoms with E-state index in [1.807, 2.05) is 6.92 Å². The Kier molecular flexibility index (Phi) is 5.70. The van der Waals surface area contributed by atoms with Crippen LogP contribution in [0.2, 0.25) is 0 Å². The number of hydrogen-bond donors (Lipinski definition) is 3. The zero-order chi connectivity index (χ0) is 9.61. The molecule has 0 radical (unpaired) electrons. The van der Waals surface area contributed by atoms with E-state index in [1.54, 1.807) is 0 Å². The summed E-state index contributed by atoms with van der Waals surface area (Å²) in [6.07, 6.45) is 2.31. The molecule has 0 aromatic rings. The lowest BCUT2D eigenvalue weighted by atomic mass is 10.1. The Morgan fingerprint density at radius 3 is 2.50 bits per heavy atom. The van der Waals surface area contributed by atoms with Gasteiger partial charge in [0.05, 0.1) is 6.61 Å². The Morgan fingerprint density at radius 2 is 2.08 bits per heavy atom. The molecule has 74 valence electrons. The molecule has 0 rings (SSSR count). The molecule has 12 heavy (non-hydrogen) atoms. The van der Waals surface area contributed by atoms with Crippen LogP contribution in [0, 0.1) is 0 Å². The highest BCUT2D eigenvalue weighted by Gasteiger charge is 2.13. The second-order valence-corrected chi connectivity index (χ2v) is 3.90.